The number of rotatable bonds is 4. The molecular weight excluding hydrogens is 234 g/mol. The molecule has 1 aromatic rings. The molecule has 0 saturated heterocycles. The van der Waals surface area contributed by atoms with Crippen molar-refractivity contribution >= 4 is 0 Å². The third-order valence-electron chi connectivity index (χ3n) is 5.01. The lowest BCUT2D eigenvalue weighted by Crippen LogP contribution is -2.67. The van der Waals surface area contributed by atoms with Crippen molar-refractivity contribution in [2.45, 2.75) is 38.5 Å². The van der Waals surface area contributed by atoms with Crippen LogP contribution in [0.25, 0.3) is 0 Å². The highest BCUT2D eigenvalue weighted by molar-refractivity contribution is 5.34. The van der Waals surface area contributed by atoms with E-state index in [0.29, 0.717) is 25.0 Å². The van der Waals surface area contributed by atoms with Crippen LogP contribution in [0.5, 0.6) is 5.75 Å². The molecule has 0 amide bonds. The highest BCUT2D eigenvalue weighted by Crippen LogP contribution is 2.81. The highest BCUT2D eigenvalue weighted by Gasteiger charge is 2.76. The number of halogens is 2. The quantitative estimate of drug-likeness (QED) is 0.773. The third kappa shape index (κ3) is 1.30. The van der Waals surface area contributed by atoms with Gasteiger partial charge < -0.3 is 4.74 Å². The summed E-state index contributed by atoms with van der Waals surface area (Å²) in [5.41, 5.74) is -0.374. The van der Waals surface area contributed by atoms with Gasteiger partial charge in [0.1, 0.15) is 5.75 Å². The number of alkyl halides is 2. The summed E-state index contributed by atoms with van der Waals surface area (Å²) in [7, 11) is 1.54. The standard InChI is InChI=1S/C15H18F2O/c1-3-13-8-14(9-13,10-13)15(16,17)11-4-6-12(18-2)7-5-11/h4-7H,3,8-10H2,1-2H3. The van der Waals surface area contributed by atoms with E-state index in [4.69, 9.17) is 4.74 Å². The van der Waals surface area contributed by atoms with Gasteiger partial charge in [0.2, 0.25) is 0 Å². The van der Waals surface area contributed by atoms with E-state index in [0.717, 1.165) is 6.42 Å². The zero-order chi connectivity index (χ0) is 13.0. The maximum Gasteiger partial charge on any atom is 0.278 e. The lowest BCUT2D eigenvalue weighted by molar-refractivity contribution is -0.322. The van der Waals surface area contributed by atoms with E-state index in [2.05, 4.69) is 6.92 Å². The predicted molar refractivity (Wildman–Crippen MR) is 65.9 cm³/mol. The van der Waals surface area contributed by atoms with Crippen molar-refractivity contribution in [2.75, 3.05) is 7.11 Å². The van der Waals surface area contributed by atoms with Crippen molar-refractivity contribution in [2.24, 2.45) is 10.8 Å². The molecule has 1 aromatic carbocycles. The molecule has 1 nitrogen and oxygen atoms in total. The monoisotopic (exact) mass is 252 g/mol. The van der Waals surface area contributed by atoms with Crippen LogP contribution in [0.3, 0.4) is 0 Å². The fourth-order valence-corrected chi connectivity index (χ4v) is 3.81. The Hall–Kier alpha value is -1.12. The maximum absolute atomic E-state index is 14.5. The first-order valence-corrected chi connectivity index (χ1v) is 6.49. The van der Waals surface area contributed by atoms with Gasteiger partial charge in [-0.2, -0.15) is 0 Å². The second kappa shape index (κ2) is 3.46. The fraction of sp³-hybridized carbons (Fsp3) is 0.600. The Morgan fingerprint density at radius 1 is 1.17 bits per heavy atom. The minimum atomic E-state index is -2.70. The average molecular weight is 252 g/mol. The van der Waals surface area contributed by atoms with Crippen LogP contribution in [0.1, 0.15) is 38.2 Å². The van der Waals surface area contributed by atoms with Crippen molar-refractivity contribution in [3.8, 4) is 5.75 Å². The number of hydrogen-bond donors (Lipinski definition) is 0. The Labute approximate surface area is 106 Å². The summed E-state index contributed by atoms with van der Waals surface area (Å²) >= 11 is 0. The van der Waals surface area contributed by atoms with Crippen molar-refractivity contribution in [3.63, 3.8) is 0 Å². The number of methoxy groups -OCH3 is 1. The first-order valence-electron chi connectivity index (χ1n) is 6.49. The minimum Gasteiger partial charge on any atom is -0.497 e. The van der Waals surface area contributed by atoms with Gasteiger partial charge in [-0.05, 0) is 48.9 Å². The van der Waals surface area contributed by atoms with E-state index < -0.39 is 11.3 Å². The van der Waals surface area contributed by atoms with Crippen LogP contribution in [-0.4, -0.2) is 7.11 Å². The van der Waals surface area contributed by atoms with Crippen LogP contribution in [0.15, 0.2) is 24.3 Å². The van der Waals surface area contributed by atoms with Crippen LogP contribution < -0.4 is 4.74 Å². The molecule has 3 heteroatoms. The smallest absolute Gasteiger partial charge is 0.278 e. The molecule has 3 aliphatic carbocycles. The van der Waals surface area contributed by atoms with Crippen LogP contribution >= 0.6 is 0 Å². The Morgan fingerprint density at radius 3 is 2.17 bits per heavy atom. The summed E-state index contributed by atoms with van der Waals surface area (Å²) in [6.07, 6.45) is 3.11. The molecule has 98 valence electrons. The van der Waals surface area contributed by atoms with Crippen molar-refractivity contribution in [3.05, 3.63) is 29.8 Å². The second-order valence-electron chi connectivity index (χ2n) is 5.97. The van der Waals surface area contributed by atoms with E-state index in [1.807, 2.05) is 0 Å². The van der Waals surface area contributed by atoms with Crippen molar-refractivity contribution < 1.29 is 13.5 Å². The van der Waals surface area contributed by atoms with Crippen molar-refractivity contribution in [1.82, 2.24) is 0 Å². The van der Waals surface area contributed by atoms with Crippen LogP contribution in [0, 0.1) is 10.8 Å². The van der Waals surface area contributed by atoms with E-state index >= 15 is 0 Å². The summed E-state index contributed by atoms with van der Waals surface area (Å²) in [4.78, 5) is 0. The first kappa shape index (κ1) is 11.9. The summed E-state index contributed by atoms with van der Waals surface area (Å²) in [6, 6.07) is 6.23. The van der Waals surface area contributed by atoms with Gasteiger partial charge in [0.05, 0.1) is 7.11 Å². The van der Waals surface area contributed by atoms with Gasteiger partial charge in [-0.15, -0.1) is 0 Å². The summed E-state index contributed by atoms with van der Waals surface area (Å²) < 4.78 is 34.1. The summed E-state index contributed by atoms with van der Waals surface area (Å²) in [5, 5.41) is 0. The Balaban J connectivity index is 1.83. The molecule has 0 N–H and O–H groups in total. The van der Waals surface area contributed by atoms with Gasteiger partial charge in [0, 0.05) is 11.0 Å². The maximum atomic E-state index is 14.5. The van der Waals surface area contributed by atoms with Gasteiger partial charge in [-0.25, -0.2) is 8.78 Å². The molecule has 0 unspecified atom stereocenters. The molecule has 3 fully saturated rings. The van der Waals surface area contributed by atoms with Gasteiger partial charge in [0.15, 0.2) is 0 Å². The number of ether oxygens (including phenoxy) is 1. The molecule has 3 saturated carbocycles. The topological polar surface area (TPSA) is 9.23 Å². The lowest BCUT2D eigenvalue weighted by atomic mass is 9.32. The summed E-state index contributed by atoms with van der Waals surface area (Å²) in [6.45, 7) is 2.11. The highest BCUT2D eigenvalue weighted by atomic mass is 19.3. The SMILES string of the molecule is CCC12CC(C(F)(F)c3ccc(OC)cc3)(C1)C2. The average Bonchev–Trinajstić information content (AvgIpc) is 2.26. The molecule has 2 bridgehead atoms. The van der Waals surface area contributed by atoms with E-state index in [-0.39, 0.29) is 11.0 Å². The minimum absolute atomic E-state index is 0.132. The molecule has 0 radical (unpaired) electrons. The van der Waals surface area contributed by atoms with Crippen LogP contribution in [0.4, 0.5) is 8.78 Å². The number of benzene rings is 1. The Kier molecular flexibility index (Phi) is 2.30. The van der Waals surface area contributed by atoms with E-state index in [1.165, 1.54) is 12.1 Å². The Bertz CT molecular complexity index is 444. The first-order chi connectivity index (χ1) is 8.47. The molecule has 0 aromatic heterocycles. The van der Waals surface area contributed by atoms with Gasteiger partial charge >= 0.3 is 0 Å². The molecule has 3 aliphatic rings. The fourth-order valence-electron chi connectivity index (χ4n) is 3.81. The summed E-state index contributed by atoms with van der Waals surface area (Å²) in [5.74, 6) is -2.08. The van der Waals surface area contributed by atoms with Crippen molar-refractivity contribution in [1.29, 1.82) is 0 Å². The van der Waals surface area contributed by atoms with Crippen LogP contribution in [0.2, 0.25) is 0 Å². The van der Waals surface area contributed by atoms with Gasteiger partial charge in [-0.1, -0.05) is 13.3 Å². The third-order valence-corrected chi connectivity index (χ3v) is 5.01. The molecule has 18 heavy (non-hydrogen) atoms. The van der Waals surface area contributed by atoms with Gasteiger partial charge in [-0.3, -0.25) is 0 Å². The van der Waals surface area contributed by atoms with Gasteiger partial charge in [0.25, 0.3) is 5.92 Å². The predicted octanol–water partition coefficient (Wildman–Crippen LogP) is 4.37. The molecule has 0 aliphatic heterocycles. The largest absolute Gasteiger partial charge is 0.497 e. The number of hydrogen-bond acceptors (Lipinski definition) is 1. The molecule has 0 heterocycles. The lowest BCUT2D eigenvalue weighted by Gasteiger charge is -2.72. The Morgan fingerprint density at radius 2 is 1.72 bits per heavy atom. The molecule has 0 spiro atoms. The van der Waals surface area contributed by atoms with E-state index in [9.17, 15) is 8.78 Å². The zero-order valence-corrected chi connectivity index (χ0v) is 10.8. The molecular formula is C15H18F2O. The zero-order valence-electron chi connectivity index (χ0n) is 10.8. The second-order valence-corrected chi connectivity index (χ2v) is 5.97. The van der Waals surface area contributed by atoms with E-state index in [1.54, 1.807) is 19.2 Å². The normalized spacial score (nSPS) is 33.6. The van der Waals surface area contributed by atoms with Crippen LogP contribution in [-0.2, 0) is 5.92 Å². The molecule has 0 atom stereocenters. The molecule has 4 rings (SSSR count).